The first-order valence-electron chi connectivity index (χ1n) is 9.63. The van der Waals surface area contributed by atoms with E-state index in [4.69, 9.17) is 28.4 Å². The summed E-state index contributed by atoms with van der Waals surface area (Å²) in [6.07, 6.45) is -5.92. The van der Waals surface area contributed by atoms with Crippen molar-refractivity contribution < 1.29 is 47.6 Å². The molecule has 1 aliphatic rings. The van der Waals surface area contributed by atoms with Gasteiger partial charge in [-0.25, -0.2) is 0 Å². The summed E-state index contributed by atoms with van der Waals surface area (Å²) < 4.78 is 32.6. The third-order valence-electron chi connectivity index (χ3n) is 4.21. The van der Waals surface area contributed by atoms with Crippen LogP contribution in [0.15, 0.2) is 30.3 Å². The maximum atomic E-state index is 11.8. The van der Waals surface area contributed by atoms with Crippen molar-refractivity contribution in [3.8, 4) is 0 Å². The number of ether oxygens (including phenoxy) is 6. The first-order valence-corrected chi connectivity index (χ1v) is 9.63. The van der Waals surface area contributed by atoms with Gasteiger partial charge >= 0.3 is 23.9 Å². The number of hydrogen-bond acceptors (Lipinski definition) is 10. The fourth-order valence-electron chi connectivity index (χ4n) is 3.08. The second-order valence-electron chi connectivity index (χ2n) is 6.86. The first-order chi connectivity index (χ1) is 14.7. The van der Waals surface area contributed by atoms with Gasteiger partial charge in [-0.1, -0.05) is 30.3 Å². The van der Waals surface area contributed by atoms with Crippen LogP contribution in [0.3, 0.4) is 0 Å². The summed E-state index contributed by atoms with van der Waals surface area (Å²) in [5.74, 6) is -2.66. The molecule has 0 amide bonds. The highest BCUT2D eigenvalue weighted by Crippen LogP contribution is 2.30. The molecule has 0 saturated carbocycles. The number of carbonyl (C=O) groups excluding carboxylic acids is 4. The van der Waals surface area contributed by atoms with Gasteiger partial charge in [0.2, 0.25) is 0 Å². The third kappa shape index (κ3) is 7.65. The van der Waals surface area contributed by atoms with Crippen LogP contribution in [0.1, 0.15) is 33.3 Å². The van der Waals surface area contributed by atoms with Gasteiger partial charge in [-0.3, -0.25) is 19.2 Å². The van der Waals surface area contributed by atoms with Gasteiger partial charge in [-0.05, 0) is 5.56 Å². The van der Waals surface area contributed by atoms with Crippen molar-refractivity contribution in [1.82, 2.24) is 0 Å². The topological polar surface area (TPSA) is 124 Å². The highest BCUT2D eigenvalue weighted by atomic mass is 16.7. The van der Waals surface area contributed by atoms with Crippen LogP contribution in [-0.2, 0) is 54.2 Å². The maximum absolute atomic E-state index is 11.8. The zero-order chi connectivity index (χ0) is 23.0. The molecule has 1 aromatic rings. The van der Waals surface area contributed by atoms with E-state index in [9.17, 15) is 19.2 Å². The van der Waals surface area contributed by atoms with Gasteiger partial charge in [0.1, 0.15) is 12.7 Å². The van der Waals surface area contributed by atoms with E-state index in [0.29, 0.717) is 0 Å². The minimum atomic E-state index is -1.25. The van der Waals surface area contributed by atoms with Crippen LogP contribution >= 0.6 is 0 Å². The van der Waals surface area contributed by atoms with Crippen molar-refractivity contribution in [2.45, 2.75) is 65.0 Å². The van der Waals surface area contributed by atoms with Gasteiger partial charge in [0, 0.05) is 27.7 Å². The molecule has 0 bridgehead atoms. The van der Waals surface area contributed by atoms with E-state index in [0.717, 1.165) is 19.4 Å². The van der Waals surface area contributed by atoms with Gasteiger partial charge < -0.3 is 28.4 Å². The highest BCUT2D eigenvalue weighted by Gasteiger charge is 2.52. The molecule has 1 aliphatic heterocycles. The summed E-state index contributed by atoms with van der Waals surface area (Å²) in [6, 6.07) is 9.14. The summed E-state index contributed by atoms with van der Waals surface area (Å²) in [5.41, 5.74) is 0.815. The maximum Gasteiger partial charge on any atom is 0.303 e. The molecule has 1 heterocycles. The van der Waals surface area contributed by atoms with Crippen LogP contribution in [0.25, 0.3) is 0 Å². The molecule has 0 N–H and O–H groups in total. The Kier molecular flexibility index (Phi) is 8.95. The Morgan fingerprint density at radius 2 is 1.32 bits per heavy atom. The van der Waals surface area contributed by atoms with Crippen LogP contribution in [0.4, 0.5) is 0 Å². The highest BCUT2D eigenvalue weighted by molar-refractivity contribution is 5.68. The molecule has 10 heteroatoms. The quantitative estimate of drug-likeness (QED) is 0.433. The summed E-state index contributed by atoms with van der Waals surface area (Å²) in [7, 11) is 0. The molecular formula is C21H26O10. The van der Waals surface area contributed by atoms with Crippen molar-refractivity contribution in [1.29, 1.82) is 0 Å². The van der Waals surface area contributed by atoms with Crippen LogP contribution < -0.4 is 0 Å². The van der Waals surface area contributed by atoms with Crippen molar-refractivity contribution in [3.05, 3.63) is 35.9 Å². The molecule has 0 radical (unpaired) electrons. The number of esters is 4. The van der Waals surface area contributed by atoms with Crippen molar-refractivity contribution in [2.24, 2.45) is 0 Å². The average Bonchev–Trinajstić information content (AvgIpc) is 2.68. The molecule has 31 heavy (non-hydrogen) atoms. The first kappa shape index (κ1) is 24.3. The summed E-state index contributed by atoms with van der Waals surface area (Å²) in [6.45, 7) is 4.49. The van der Waals surface area contributed by atoms with E-state index >= 15 is 0 Å². The molecule has 1 fully saturated rings. The molecule has 1 aromatic carbocycles. The molecule has 5 atom stereocenters. The number of hydrogen-bond donors (Lipinski definition) is 0. The Morgan fingerprint density at radius 1 is 0.774 bits per heavy atom. The molecular weight excluding hydrogens is 412 g/mol. The Morgan fingerprint density at radius 3 is 1.87 bits per heavy atom. The molecule has 0 aromatic heterocycles. The second-order valence-corrected chi connectivity index (χ2v) is 6.86. The largest absolute Gasteiger partial charge is 0.463 e. The predicted molar refractivity (Wildman–Crippen MR) is 103 cm³/mol. The van der Waals surface area contributed by atoms with E-state index in [-0.39, 0.29) is 13.2 Å². The molecule has 10 nitrogen and oxygen atoms in total. The summed E-state index contributed by atoms with van der Waals surface area (Å²) >= 11 is 0. The van der Waals surface area contributed by atoms with Crippen molar-refractivity contribution in [3.63, 3.8) is 0 Å². The van der Waals surface area contributed by atoms with Gasteiger partial charge in [0.25, 0.3) is 0 Å². The molecule has 0 unspecified atom stereocenters. The summed E-state index contributed by atoms with van der Waals surface area (Å²) in [4.78, 5) is 46.5. The fourth-order valence-corrected chi connectivity index (χ4v) is 3.08. The molecule has 1 saturated heterocycles. The van der Waals surface area contributed by atoms with Crippen molar-refractivity contribution in [2.75, 3.05) is 6.61 Å². The lowest BCUT2D eigenvalue weighted by Gasteiger charge is -2.44. The number of rotatable bonds is 8. The minimum Gasteiger partial charge on any atom is -0.463 e. The number of carbonyl (C=O) groups is 4. The molecule has 0 spiro atoms. The zero-order valence-electron chi connectivity index (χ0n) is 17.8. The van der Waals surface area contributed by atoms with Gasteiger partial charge in [0.05, 0.1) is 6.61 Å². The van der Waals surface area contributed by atoms with Crippen LogP contribution in [-0.4, -0.2) is 61.2 Å². The van der Waals surface area contributed by atoms with Crippen LogP contribution in [0.5, 0.6) is 0 Å². The number of benzene rings is 1. The normalized spacial score (nSPS) is 25.2. The second kappa shape index (κ2) is 11.4. The standard InChI is InChI=1S/C21H26O10/c1-12(22)26-11-17-18(28-13(2)23)19(29-14(3)24)20(30-15(4)25)21(31-17)27-10-16-8-6-5-7-9-16/h5-9,17-21H,10-11H2,1-4H3/t17-,18+,19-,20-,21+/m1/s1. The Labute approximate surface area is 179 Å². The lowest BCUT2D eigenvalue weighted by molar-refractivity contribution is -0.310. The van der Waals surface area contributed by atoms with E-state index < -0.39 is 54.6 Å². The Hall–Kier alpha value is -2.98. The molecule has 2 rings (SSSR count). The van der Waals surface area contributed by atoms with E-state index in [1.807, 2.05) is 30.3 Å². The third-order valence-corrected chi connectivity index (χ3v) is 4.21. The van der Waals surface area contributed by atoms with E-state index in [2.05, 4.69) is 0 Å². The van der Waals surface area contributed by atoms with E-state index in [1.165, 1.54) is 13.8 Å². The molecule has 0 aliphatic carbocycles. The fraction of sp³-hybridized carbons (Fsp3) is 0.524. The zero-order valence-corrected chi connectivity index (χ0v) is 17.8. The SMILES string of the molecule is CC(=O)OC[C@H]1O[C@H](OCc2ccccc2)[C@H](OC(C)=O)[C@H](OC(C)=O)[C@H]1OC(C)=O. The van der Waals surface area contributed by atoms with Gasteiger partial charge in [-0.2, -0.15) is 0 Å². The van der Waals surface area contributed by atoms with Crippen molar-refractivity contribution >= 4 is 23.9 Å². The monoisotopic (exact) mass is 438 g/mol. The predicted octanol–water partition coefficient (Wildman–Crippen LogP) is 1.29. The van der Waals surface area contributed by atoms with Crippen LogP contribution in [0.2, 0.25) is 0 Å². The van der Waals surface area contributed by atoms with Gasteiger partial charge in [-0.15, -0.1) is 0 Å². The average molecular weight is 438 g/mol. The smallest absolute Gasteiger partial charge is 0.303 e. The lowest BCUT2D eigenvalue weighted by Crippen LogP contribution is -2.62. The lowest BCUT2D eigenvalue weighted by atomic mass is 9.98. The Balaban J connectivity index is 2.35. The van der Waals surface area contributed by atoms with E-state index in [1.54, 1.807) is 0 Å². The Bertz CT molecular complexity index is 778. The van der Waals surface area contributed by atoms with Gasteiger partial charge in [0.15, 0.2) is 24.6 Å². The van der Waals surface area contributed by atoms with Crippen LogP contribution in [0, 0.1) is 0 Å². The molecule has 170 valence electrons. The minimum absolute atomic E-state index is 0.0918. The summed E-state index contributed by atoms with van der Waals surface area (Å²) in [5, 5.41) is 0.